The van der Waals surface area contributed by atoms with Gasteiger partial charge in [-0.2, -0.15) is 0 Å². The average Bonchev–Trinajstić information content (AvgIpc) is 3.30. The van der Waals surface area contributed by atoms with Crippen LogP contribution in [-0.2, 0) is 28.6 Å². The van der Waals surface area contributed by atoms with Gasteiger partial charge < -0.3 is 14.2 Å². The molecule has 0 aromatic rings. The van der Waals surface area contributed by atoms with Crippen LogP contribution in [0.25, 0.3) is 0 Å². The first-order valence-electron chi connectivity index (χ1n) is 27.8. The highest BCUT2D eigenvalue weighted by molar-refractivity contribution is 5.71. The second-order valence-corrected chi connectivity index (χ2v) is 18.5. The van der Waals surface area contributed by atoms with Gasteiger partial charge in [0.2, 0.25) is 0 Å². The standard InChI is InChI=1S/C59H104O6/c1-4-7-10-13-16-19-22-25-28-29-32-35-38-41-44-47-50-53-59(62)65-56(54-63-57(60)51-48-45-42-39-36-33-30-26-23-20-17-14-11-8-5-2)55-64-58(61)52-49-46-43-40-37-34-31-27-24-21-18-15-12-9-6-3/h17-18,20-21,25-28,30-31,56H,4-16,19,22-24,29,32-55H2,1-3H3/b20-17-,21-18-,28-25-,30-26-,31-27-. The average molecular weight is 909 g/mol. The molecule has 0 heterocycles. The van der Waals surface area contributed by atoms with Crippen LogP contribution in [0.4, 0.5) is 0 Å². The number of carbonyl (C=O) groups excluding carboxylic acids is 3. The Morgan fingerprint density at radius 1 is 0.308 bits per heavy atom. The first kappa shape index (κ1) is 62.1. The summed E-state index contributed by atoms with van der Waals surface area (Å²) in [6, 6.07) is 0. The zero-order chi connectivity index (χ0) is 47.2. The fraction of sp³-hybridized carbons (Fsp3) is 0.780. The van der Waals surface area contributed by atoms with Gasteiger partial charge in [-0.3, -0.25) is 14.4 Å². The highest BCUT2D eigenvalue weighted by Crippen LogP contribution is 2.14. The van der Waals surface area contributed by atoms with Crippen molar-refractivity contribution < 1.29 is 28.6 Å². The highest BCUT2D eigenvalue weighted by atomic mass is 16.6. The van der Waals surface area contributed by atoms with Crippen molar-refractivity contribution in [1.29, 1.82) is 0 Å². The molecule has 0 aromatic heterocycles. The molecule has 0 amide bonds. The van der Waals surface area contributed by atoms with E-state index in [0.717, 1.165) is 96.3 Å². The minimum atomic E-state index is -0.788. The lowest BCUT2D eigenvalue weighted by atomic mass is 10.1. The van der Waals surface area contributed by atoms with E-state index in [0.29, 0.717) is 19.3 Å². The third-order valence-electron chi connectivity index (χ3n) is 12.0. The molecule has 0 spiro atoms. The molecule has 0 N–H and O–H groups in total. The van der Waals surface area contributed by atoms with E-state index in [4.69, 9.17) is 14.2 Å². The van der Waals surface area contributed by atoms with E-state index in [-0.39, 0.29) is 31.1 Å². The zero-order valence-electron chi connectivity index (χ0n) is 43.0. The first-order chi connectivity index (χ1) is 32.0. The van der Waals surface area contributed by atoms with Crippen molar-refractivity contribution in [3.63, 3.8) is 0 Å². The van der Waals surface area contributed by atoms with Gasteiger partial charge in [-0.05, 0) is 109 Å². The summed E-state index contributed by atoms with van der Waals surface area (Å²) in [5.41, 5.74) is 0. The summed E-state index contributed by atoms with van der Waals surface area (Å²) in [7, 11) is 0. The van der Waals surface area contributed by atoms with E-state index in [1.165, 1.54) is 141 Å². The number of ether oxygens (including phenoxy) is 3. The molecule has 0 saturated carbocycles. The Labute approximate surface area is 402 Å². The zero-order valence-corrected chi connectivity index (χ0v) is 43.0. The van der Waals surface area contributed by atoms with Gasteiger partial charge in [-0.1, -0.05) is 210 Å². The van der Waals surface area contributed by atoms with Crippen LogP contribution in [0.3, 0.4) is 0 Å². The molecule has 376 valence electrons. The predicted molar refractivity (Wildman–Crippen MR) is 279 cm³/mol. The van der Waals surface area contributed by atoms with Crippen LogP contribution in [0.15, 0.2) is 60.8 Å². The molecule has 0 aliphatic rings. The van der Waals surface area contributed by atoms with Crippen LogP contribution < -0.4 is 0 Å². The predicted octanol–water partition coefficient (Wildman–Crippen LogP) is 18.4. The molecular formula is C59H104O6. The molecule has 0 aromatic carbocycles. The molecule has 0 radical (unpaired) electrons. The third-order valence-corrected chi connectivity index (χ3v) is 12.0. The summed E-state index contributed by atoms with van der Waals surface area (Å²) in [6.07, 6.45) is 66.3. The van der Waals surface area contributed by atoms with Crippen molar-refractivity contribution in [2.45, 2.75) is 284 Å². The second-order valence-electron chi connectivity index (χ2n) is 18.5. The van der Waals surface area contributed by atoms with Crippen LogP contribution in [0.1, 0.15) is 278 Å². The number of hydrogen-bond acceptors (Lipinski definition) is 6. The van der Waals surface area contributed by atoms with Crippen molar-refractivity contribution in [3.8, 4) is 0 Å². The van der Waals surface area contributed by atoms with Gasteiger partial charge in [-0.15, -0.1) is 0 Å². The Balaban J connectivity index is 4.42. The van der Waals surface area contributed by atoms with Crippen LogP contribution in [0.2, 0.25) is 0 Å². The lowest BCUT2D eigenvalue weighted by molar-refractivity contribution is -0.167. The van der Waals surface area contributed by atoms with Crippen LogP contribution >= 0.6 is 0 Å². The van der Waals surface area contributed by atoms with Gasteiger partial charge in [0.25, 0.3) is 0 Å². The maximum absolute atomic E-state index is 12.8. The van der Waals surface area contributed by atoms with Crippen molar-refractivity contribution in [2.24, 2.45) is 0 Å². The summed E-state index contributed by atoms with van der Waals surface area (Å²) in [6.45, 7) is 6.57. The molecule has 0 fully saturated rings. The van der Waals surface area contributed by atoms with E-state index >= 15 is 0 Å². The lowest BCUT2D eigenvalue weighted by Gasteiger charge is -2.18. The number of esters is 3. The van der Waals surface area contributed by atoms with E-state index in [2.05, 4.69) is 81.5 Å². The molecule has 0 unspecified atom stereocenters. The van der Waals surface area contributed by atoms with Gasteiger partial charge >= 0.3 is 17.9 Å². The SMILES string of the molecule is CCCCC/C=C\C/C=C\CCCCCCCC(=O)OCC(COC(=O)CCCCCCC/C=C\C/C=C\CCCCC)OC(=O)CCCCCCCCC/C=C\CCCCCCCC. The fourth-order valence-electron chi connectivity index (χ4n) is 7.73. The molecule has 0 atom stereocenters. The summed E-state index contributed by atoms with van der Waals surface area (Å²) in [5.74, 6) is -0.910. The Hall–Kier alpha value is -2.89. The maximum Gasteiger partial charge on any atom is 0.306 e. The Kier molecular flexibility index (Phi) is 51.3. The lowest BCUT2D eigenvalue weighted by Crippen LogP contribution is -2.30. The van der Waals surface area contributed by atoms with E-state index in [1.54, 1.807) is 0 Å². The van der Waals surface area contributed by atoms with Crippen molar-refractivity contribution in [1.82, 2.24) is 0 Å². The molecular weight excluding hydrogens is 805 g/mol. The van der Waals surface area contributed by atoms with Gasteiger partial charge in [0, 0.05) is 19.3 Å². The maximum atomic E-state index is 12.8. The summed E-state index contributed by atoms with van der Waals surface area (Å²) >= 11 is 0. The van der Waals surface area contributed by atoms with Gasteiger partial charge in [-0.25, -0.2) is 0 Å². The van der Waals surface area contributed by atoms with Gasteiger partial charge in [0.15, 0.2) is 6.10 Å². The van der Waals surface area contributed by atoms with Crippen molar-refractivity contribution >= 4 is 17.9 Å². The van der Waals surface area contributed by atoms with Crippen LogP contribution in [-0.4, -0.2) is 37.2 Å². The normalized spacial score (nSPS) is 12.1. The Morgan fingerprint density at radius 2 is 0.554 bits per heavy atom. The fourth-order valence-corrected chi connectivity index (χ4v) is 7.73. The molecule has 65 heavy (non-hydrogen) atoms. The number of allylic oxidation sites excluding steroid dienone is 10. The minimum absolute atomic E-state index is 0.0873. The second kappa shape index (κ2) is 53.7. The smallest absolute Gasteiger partial charge is 0.306 e. The third kappa shape index (κ3) is 51.9. The summed E-state index contributed by atoms with van der Waals surface area (Å²) in [4.78, 5) is 38.1. The minimum Gasteiger partial charge on any atom is -0.462 e. The monoisotopic (exact) mass is 909 g/mol. The Bertz CT molecular complexity index is 1120. The van der Waals surface area contributed by atoms with E-state index < -0.39 is 6.10 Å². The molecule has 0 rings (SSSR count). The molecule has 6 heteroatoms. The number of rotatable bonds is 50. The van der Waals surface area contributed by atoms with Gasteiger partial charge in [0.1, 0.15) is 13.2 Å². The Morgan fingerprint density at radius 3 is 0.892 bits per heavy atom. The molecule has 0 aliphatic carbocycles. The topological polar surface area (TPSA) is 78.9 Å². The largest absolute Gasteiger partial charge is 0.462 e. The number of unbranched alkanes of at least 4 members (excludes halogenated alkanes) is 29. The quantitative estimate of drug-likeness (QED) is 0.0262. The summed E-state index contributed by atoms with van der Waals surface area (Å²) in [5, 5.41) is 0. The van der Waals surface area contributed by atoms with Gasteiger partial charge in [0.05, 0.1) is 0 Å². The van der Waals surface area contributed by atoms with Crippen molar-refractivity contribution in [3.05, 3.63) is 60.8 Å². The molecule has 0 bridgehead atoms. The first-order valence-corrected chi connectivity index (χ1v) is 27.8. The summed E-state index contributed by atoms with van der Waals surface area (Å²) < 4.78 is 16.8. The van der Waals surface area contributed by atoms with E-state index in [9.17, 15) is 14.4 Å². The highest BCUT2D eigenvalue weighted by Gasteiger charge is 2.19. The van der Waals surface area contributed by atoms with Crippen molar-refractivity contribution in [2.75, 3.05) is 13.2 Å². The van der Waals surface area contributed by atoms with Crippen LogP contribution in [0, 0.1) is 0 Å². The molecule has 0 saturated heterocycles. The number of carbonyl (C=O) groups is 3. The van der Waals surface area contributed by atoms with Crippen LogP contribution in [0.5, 0.6) is 0 Å². The molecule has 0 aliphatic heterocycles. The number of hydrogen-bond donors (Lipinski definition) is 0. The van der Waals surface area contributed by atoms with E-state index in [1.807, 2.05) is 0 Å². The molecule has 6 nitrogen and oxygen atoms in total.